The average Bonchev–Trinajstić information content (AvgIpc) is 2.90. The molecule has 1 fully saturated rings. The Morgan fingerprint density at radius 2 is 1.90 bits per heavy atom. The van der Waals surface area contributed by atoms with Crippen LogP contribution in [0.5, 0.6) is 0 Å². The van der Waals surface area contributed by atoms with Gasteiger partial charge in [0.05, 0.1) is 0 Å². The Balaban J connectivity index is 1.83. The first-order valence-corrected chi connectivity index (χ1v) is 7.83. The van der Waals surface area contributed by atoms with Gasteiger partial charge in [-0.25, -0.2) is 0 Å². The number of carbonyl (C=O) groups is 1. The van der Waals surface area contributed by atoms with Crippen LogP contribution in [-0.4, -0.2) is 35.7 Å². The molecule has 112 valence electrons. The second-order valence-corrected chi connectivity index (χ2v) is 6.09. The minimum Gasteiger partial charge on any atom is -0.391 e. The number of rotatable bonds is 2. The lowest BCUT2D eigenvalue weighted by atomic mass is 9.91. The smallest absolute Gasteiger partial charge is 0.235 e. The van der Waals surface area contributed by atoms with Gasteiger partial charge in [-0.3, -0.25) is 4.79 Å². The lowest BCUT2D eigenvalue weighted by molar-refractivity contribution is -0.136. The summed E-state index contributed by atoms with van der Waals surface area (Å²) in [7, 11) is 0. The maximum absolute atomic E-state index is 12.8. The van der Waals surface area contributed by atoms with Crippen LogP contribution in [0.4, 0.5) is 0 Å². The molecular formula is C16H19ClN2O2. The van der Waals surface area contributed by atoms with Gasteiger partial charge < -0.3 is 9.74 Å². The number of oxime groups is 1. The largest absolute Gasteiger partial charge is 0.391 e. The Morgan fingerprint density at radius 1 is 1.24 bits per heavy atom. The van der Waals surface area contributed by atoms with Crippen molar-refractivity contribution in [3.63, 3.8) is 0 Å². The van der Waals surface area contributed by atoms with Crippen LogP contribution in [0.15, 0.2) is 29.4 Å². The Hall–Kier alpha value is -1.55. The first kappa shape index (κ1) is 14.4. The summed E-state index contributed by atoms with van der Waals surface area (Å²) < 4.78 is 0. The number of nitrogens with zero attached hydrogens (tertiary/aromatic N) is 2. The quantitative estimate of drug-likeness (QED) is 0.842. The van der Waals surface area contributed by atoms with Gasteiger partial charge in [0.15, 0.2) is 0 Å². The highest BCUT2D eigenvalue weighted by atomic mass is 35.5. The van der Waals surface area contributed by atoms with Gasteiger partial charge in [0.25, 0.3) is 0 Å². The molecule has 3 rings (SSSR count). The standard InChI is InChI=1S/C16H19ClN2O2/c1-11-14(16(20)19-9-3-2-4-10-19)15(18-21-11)12-5-7-13(17)8-6-12/h5-8,11,14H,2-4,9-10H2,1H3/t11-,14-/m1/s1. The first-order chi connectivity index (χ1) is 10.2. The van der Waals surface area contributed by atoms with Crippen molar-refractivity contribution in [2.45, 2.75) is 32.3 Å². The van der Waals surface area contributed by atoms with Crippen LogP contribution in [0.3, 0.4) is 0 Å². The van der Waals surface area contributed by atoms with Crippen molar-refractivity contribution >= 4 is 23.2 Å². The van der Waals surface area contributed by atoms with E-state index in [2.05, 4.69) is 5.16 Å². The number of piperidine rings is 1. The Bertz CT molecular complexity index is 550. The Morgan fingerprint density at radius 3 is 2.57 bits per heavy atom. The third kappa shape index (κ3) is 2.91. The molecule has 1 saturated heterocycles. The van der Waals surface area contributed by atoms with E-state index in [0.29, 0.717) is 5.02 Å². The van der Waals surface area contributed by atoms with Crippen molar-refractivity contribution in [3.05, 3.63) is 34.9 Å². The zero-order valence-corrected chi connectivity index (χ0v) is 12.8. The van der Waals surface area contributed by atoms with Crippen molar-refractivity contribution in [3.8, 4) is 0 Å². The second kappa shape index (κ2) is 6.06. The van der Waals surface area contributed by atoms with E-state index in [-0.39, 0.29) is 17.9 Å². The van der Waals surface area contributed by atoms with Crippen molar-refractivity contribution < 1.29 is 9.63 Å². The average molecular weight is 307 g/mol. The highest BCUT2D eigenvalue weighted by molar-refractivity contribution is 6.30. The summed E-state index contributed by atoms with van der Waals surface area (Å²) in [6, 6.07) is 7.40. The van der Waals surface area contributed by atoms with Crippen molar-refractivity contribution in [1.82, 2.24) is 4.90 Å². The molecular weight excluding hydrogens is 288 g/mol. The summed E-state index contributed by atoms with van der Waals surface area (Å²) in [5, 5.41) is 4.81. The van der Waals surface area contributed by atoms with Crippen LogP contribution in [0.2, 0.25) is 5.02 Å². The fourth-order valence-corrected chi connectivity index (χ4v) is 3.09. The van der Waals surface area contributed by atoms with Gasteiger partial charge in [-0.05, 0) is 38.3 Å². The normalized spacial score (nSPS) is 25.4. The second-order valence-electron chi connectivity index (χ2n) is 5.66. The maximum Gasteiger partial charge on any atom is 0.235 e. The van der Waals surface area contributed by atoms with E-state index in [0.717, 1.165) is 37.2 Å². The van der Waals surface area contributed by atoms with Gasteiger partial charge in [-0.15, -0.1) is 0 Å². The van der Waals surface area contributed by atoms with Gasteiger partial charge in [-0.2, -0.15) is 0 Å². The molecule has 5 heteroatoms. The number of benzene rings is 1. The van der Waals surface area contributed by atoms with Crippen LogP contribution >= 0.6 is 11.6 Å². The molecule has 4 nitrogen and oxygen atoms in total. The molecule has 0 saturated carbocycles. The summed E-state index contributed by atoms with van der Waals surface area (Å²) in [5.74, 6) is -0.183. The molecule has 2 aliphatic heterocycles. The third-order valence-electron chi connectivity index (χ3n) is 4.16. The topological polar surface area (TPSA) is 41.9 Å². The lowest BCUT2D eigenvalue weighted by Crippen LogP contribution is -2.44. The number of likely N-dealkylation sites (tertiary alicyclic amines) is 1. The van der Waals surface area contributed by atoms with Gasteiger partial charge >= 0.3 is 0 Å². The molecule has 1 amide bonds. The molecule has 2 heterocycles. The van der Waals surface area contributed by atoms with E-state index in [9.17, 15) is 4.79 Å². The van der Waals surface area contributed by atoms with Crippen molar-refractivity contribution in [2.75, 3.05) is 13.1 Å². The highest BCUT2D eigenvalue weighted by Gasteiger charge is 2.40. The monoisotopic (exact) mass is 306 g/mol. The van der Waals surface area contributed by atoms with Gasteiger partial charge in [0, 0.05) is 23.7 Å². The molecule has 0 N–H and O–H groups in total. The number of hydrogen-bond donors (Lipinski definition) is 0. The fraction of sp³-hybridized carbons (Fsp3) is 0.500. The predicted octanol–water partition coefficient (Wildman–Crippen LogP) is 3.09. The summed E-state index contributed by atoms with van der Waals surface area (Å²) in [6.07, 6.45) is 3.16. The lowest BCUT2D eigenvalue weighted by Gasteiger charge is -2.30. The maximum atomic E-state index is 12.8. The van der Waals surface area contributed by atoms with Crippen LogP contribution in [-0.2, 0) is 9.63 Å². The number of carbonyl (C=O) groups excluding carboxylic acids is 1. The van der Waals surface area contributed by atoms with Crippen LogP contribution in [0.25, 0.3) is 0 Å². The van der Waals surface area contributed by atoms with Gasteiger partial charge in [0.1, 0.15) is 17.7 Å². The summed E-state index contributed by atoms with van der Waals surface area (Å²) in [6.45, 7) is 3.59. The molecule has 0 spiro atoms. The van der Waals surface area contributed by atoms with E-state index in [1.165, 1.54) is 6.42 Å². The molecule has 1 aromatic rings. The highest BCUT2D eigenvalue weighted by Crippen LogP contribution is 2.27. The van der Waals surface area contributed by atoms with Crippen LogP contribution in [0, 0.1) is 5.92 Å². The zero-order chi connectivity index (χ0) is 14.8. The summed E-state index contributed by atoms with van der Waals surface area (Å²) in [4.78, 5) is 20.1. The molecule has 0 unspecified atom stereocenters. The number of amides is 1. The van der Waals surface area contributed by atoms with Gasteiger partial charge in [0.2, 0.25) is 5.91 Å². The van der Waals surface area contributed by atoms with Crippen molar-refractivity contribution in [1.29, 1.82) is 0 Å². The fourth-order valence-electron chi connectivity index (χ4n) is 2.96. The zero-order valence-electron chi connectivity index (χ0n) is 12.1. The Labute approximate surface area is 129 Å². The molecule has 0 aromatic heterocycles. The molecule has 0 radical (unpaired) electrons. The molecule has 0 bridgehead atoms. The van der Waals surface area contributed by atoms with Crippen LogP contribution in [0.1, 0.15) is 31.7 Å². The minimum atomic E-state index is -0.315. The SMILES string of the molecule is C[C@H]1ON=C(c2ccc(Cl)cc2)[C@@H]1C(=O)N1CCCCC1. The van der Waals surface area contributed by atoms with Gasteiger partial charge in [-0.1, -0.05) is 28.9 Å². The molecule has 21 heavy (non-hydrogen) atoms. The van der Waals surface area contributed by atoms with E-state index >= 15 is 0 Å². The van der Waals surface area contributed by atoms with E-state index in [4.69, 9.17) is 16.4 Å². The summed E-state index contributed by atoms with van der Waals surface area (Å²) >= 11 is 5.92. The van der Waals surface area contributed by atoms with E-state index in [1.54, 1.807) is 0 Å². The predicted molar refractivity (Wildman–Crippen MR) is 82.5 cm³/mol. The van der Waals surface area contributed by atoms with Crippen LogP contribution < -0.4 is 0 Å². The minimum absolute atomic E-state index is 0.133. The van der Waals surface area contributed by atoms with E-state index < -0.39 is 0 Å². The Kier molecular flexibility index (Phi) is 4.15. The summed E-state index contributed by atoms with van der Waals surface area (Å²) in [5.41, 5.74) is 1.62. The van der Waals surface area contributed by atoms with Crippen molar-refractivity contribution in [2.24, 2.45) is 11.1 Å². The molecule has 2 aliphatic rings. The molecule has 2 atom stereocenters. The first-order valence-electron chi connectivity index (χ1n) is 7.45. The van der Waals surface area contributed by atoms with E-state index in [1.807, 2.05) is 36.1 Å². The molecule has 1 aromatic carbocycles. The number of halogens is 1. The third-order valence-corrected chi connectivity index (χ3v) is 4.41. The number of hydrogen-bond acceptors (Lipinski definition) is 3. The molecule has 0 aliphatic carbocycles.